The number of hydrogen-bond donors (Lipinski definition) is 0. The summed E-state index contributed by atoms with van der Waals surface area (Å²) in [5.74, 6) is 0. The molecule has 4 aliphatic rings. The van der Waals surface area contributed by atoms with Crippen molar-refractivity contribution in [2.24, 2.45) is 0 Å². The normalized spacial score (nSPS) is 11.8. The molecule has 15 rings (SSSR count). The van der Waals surface area contributed by atoms with Gasteiger partial charge in [-0.25, -0.2) is 0 Å². The SMILES string of the molecule is CCCCCCc1cc(-c2ccc(-c3ccc(-c4cc(CCCCCC)c(-c5cc(CCCCCC)c(-c6cc(-c7sc(-c8sc(-c9ccc(-c%10ccccc%10)cc9)cc8CCCCCC)cc7CCCCCC)c7cccccc6-7)s5)s4)cc3)cc2)sc1-c1cc(CCCCCC)c(-c2cc(-c3sccc3CCCCCC)c3cccccc2-3)s1. The van der Waals surface area contributed by atoms with Crippen LogP contribution in [0, 0.1) is 0 Å². The monoisotopic (exact) mass is 1720 g/mol. The fraction of sp³-hybridized carbons (Fsp3) is 0.368. The van der Waals surface area contributed by atoms with Gasteiger partial charge in [0.25, 0.3) is 0 Å². The lowest BCUT2D eigenvalue weighted by Gasteiger charge is -2.06. The second kappa shape index (κ2) is 44.7. The molecular weight excluding hydrogens is 1590 g/mol. The van der Waals surface area contributed by atoms with Gasteiger partial charge in [0.1, 0.15) is 0 Å². The zero-order chi connectivity index (χ0) is 83.1. The summed E-state index contributed by atoms with van der Waals surface area (Å²) in [5, 5.41) is 2.34. The molecule has 4 aromatic carbocycles. The van der Waals surface area contributed by atoms with Crippen LogP contribution in [0.2, 0.25) is 0 Å². The molecule has 121 heavy (non-hydrogen) atoms. The average Bonchev–Trinajstić information content (AvgIpc) is 1.60. The molecule has 0 spiro atoms. The highest BCUT2D eigenvalue weighted by Crippen LogP contribution is 2.56. The van der Waals surface area contributed by atoms with Crippen molar-refractivity contribution in [2.45, 2.75) is 273 Å². The number of rotatable bonds is 47. The molecule has 11 aromatic rings. The summed E-state index contributed by atoms with van der Waals surface area (Å²) in [6.07, 6.45) is 43.0. The summed E-state index contributed by atoms with van der Waals surface area (Å²) in [7, 11) is 0. The molecule has 0 nitrogen and oxygen atoms in total. The Morgan fingerprint density at radius 2 is 0.388 bits per heavy atom. The minimum atomic E-state index is 1.09. The molecule has 626 valence electrons. The minimum Gasteiger partial charge on any atom is -0.144 e. The smallest absolute Gasteiger partial charge is 0.0481 e. The van der Waals surface area contributed by atoms with Crippen LogP contribution in [-0.4, -0.2) is 0 Å². The zero-order valence-electron chi connectivity index (χ0n) is 73.5. The maximum atomic E-state index is 2.66. The first-order valence-corrected chi connectivity index (χ1v) is 52.8. The summed E-state index contributed by atoms with van der Waals surface area (Å²) in [4.78, 5) is 18.8. The van der Waals surface area contributed by atoms with Gasteiger partial charge in [0.05, 0.1) is 0 Å². The third kappa shape index (κ3) is 21.8. The van der Waals surface area contributed by atoms with Crippen LogP contribution in [0.25, 0.3) is 147 Å². The van der Waals surface area contributed by atoms with E-state index in [1.807, 2.05) is 45.3 Å². The van der Waals surface area contributed by atoms with Gasteiger partial charge >= 0.3 is 0 Å². The van der Waals surface area contributed by atoms with Crippen molar-refractivity contribution in [3.05, 3.63) is 263 Å². The van der Waals surface area contributed by atoms with Gasteiger partial charge in [-0.2, -0.15) is 0 Å². The molecule has 0 saturated heterocycles. The largest absolute Gasteiger partial charge is 0.144 e. The van der Waals surface area contributed by atoms with Gasteiger partial charge in [-0.3, -0.25) is 0 Å². The topological polar surface area (TPSA) is 0 Å². The van der Waals surface area contributed by atoms with Crippen molar-refractivity contribution in [3.8, 4) is 147 Å². The molecule has 0 aliphatic heterocycles. The molecule has 0 atom stereocenters. The highest BCUT2D eigenvalue weighted by atomic mass is 32.1. The van der Waals surface area contributed by atoms with Crippen molar-refractivity contribution in [1.82, 2.24) is 0 Å². The highest BCUT2D eigenvalue weighted by molar-refractivity contribution is 7.27. The van der Waals surface area contributed by atoms with E-state index < -0.39 is 0 Å². The summed E-state index contributed by atoms with van der Waals surface area (Å²) in [6.45, 7) is 16.4. The Labute approximate surface area is 755 Å². The summed E-state index contributed by atoms with van der Waals surface area (Å²) >= 11 is 14.3. The molecule has 0 bridgehead atoms. The standard InChI is InChI=1S/C114H128S7/c1-8-15-22-32-47-87-70-71-115-108(87)98-78-99(95-55-42-30-41-54-94(95)98)109-88(48-33-23-16-9-2)75-105(119-109)112-92(52-37-27-20-13-6)73-103(117-112)85-66-60-82(61-67-85)83-62-68-86(69-63-83)104-74-93(53-38-28-21-14-7)114(118-104)107-77-90(50-35-25-18-11-4)111(121-107)101-79-100(96-56-43-31-44-57-97(96)101)110-89(49-34-24-17-10-3)76-106(120-110)113-91(51-36-26-19-12-5)72-102(116-113)84-64-58-81(59-65-84)80-45-39-29-40-46-80/h29-31,39-46,54-79H,8-28,32-38,47-53H2,1-7H3. The van der Waals surface area contributed by atoms with Crippen molar-refractivity contribution < 1.29 is 0 Å². The first-order chi connectivity index (χ1) is 59.7. The van der Waals surface area contributed by atoms with Crippen LogP contribution in [0.3, 0.4) is 0 Å². The predicted octanol–water partition coefficient (Wildman–Crippen LogP) is 39.2. The molecular formula is C114H128S7. The van der Waals surface area contributed by atoms with E-state index in [9.17, 15) is 0 Å². The molecule has 0 saturated carbocycles. The average molecular weight is 1720 g/mol. The number of aryl methyl sites for hydroxylation is 7. The van der Waals surface area contributed by atoms with Gasteiger partial charge in [-0.05, 0) is 250 Å². The molecule has 0 amide bonds. The van der Waals surface area contributed by atoms with Gasteiger partial charge in [0.15, 0.2) is 0 Å². The fourth-order valence-corrected chi connectivity index (χ4v) is 27.0. The van der Waals surface area contributed by atoms with Gasteiger partial charge in [-0.1, -0.05) is 347 Å². The first-order valence-electron chi connectivity index (χ1n) is 47.0. The van der Waals surface area contributed by atoms with Crippen molar-refractivity contribution in [3.63, 3.8) is 0 Å². The van der Waals surface area contributed by atoms with Gasteiger partial charge < -0.3 is 0 Å². The number of fused-ring (bicyclic) bond motifs is 2. The second-order valence-corrected chi connectivity index (χ2v) is 41.5. The maximum absolute atomic E-state index is 2.66. The Bertz CT molecular complexity index is 5610. The van der Waals surface area contributed by atoms with Crippen LogP contribution in [0.4, 0.5) is 0 Å². The third-order valence-electron chi connectivity index (χ3n) is 25.1. The van der Waals surface area contributed by atoms with Crippen molar-refractivity contribution in [2.75, 3.05) is 0 Å². The third-order valence-corrected chi connectivity index (χ3v) is 34.0. The van der Waals surface area contributed by atoms with Crippen molar-refractivity contribution in [1.29, 1.82) is 0 Å². The van der Waals surface area contributed by atoms with E-state index in [4.69, 9.17) is 0 Å². The van der Waals surface area contributed by atoms with E-state index >= 15 is 0 Å². The number of benzene rings is 4. The predicted molar refractivity (Wildman–Crippen MR) is 545 cm³/mol. The Morgan fingerprint density at radius 3 is 0.669 bits per heavy atom. The highest BCUT2D eigenvalue weighted by Gasteiger charge is 2.30. The molecule has 0 unspecified atom stereocenters. The summed E-state index contributed by atoms with van der Waals surface area (Å²) < 4.78 is 0. The van der Waals surface area contributed by atoms with Crippen molar-refractivity contribution >= 4 is 79.4 Å². The lowest BCUT2D eigenvalue weighted by molar-refractivity contribution is 0.667. The van der Waals surface area contributed by atoms with Crippen LogP contribution in [-0.2, 0) is 44.9 Å². The van der Waals surface area contributed by atoms with E-state index in [1.54, 1.807) is 0 Å². The summed E-state index contributed by atoms with van der Waals surface area (Å²) in [6, 6.07) is 86.0. The number of unbranched alkanes of at least 4 members (excludes halogenated alkanes) is 21. The molecule has 4 aliphatic carbocycles. The van der Waals surface area contributed by atoms with Gasteiger partial charge in [0.2, 0.25) is 0 Å². The van der Waals surface area contributed by atoms with E-state index in [0.29, 0.717) is 0 Å². The van der Waals surface area contributed by atoms with E-state index in [1.165, 1.54) is 366 Å². The van der Waals surface area contributed by atoms with E-state index in [-0.39, 0.29) is 0 Å². The zero-order valence-corrected chi connectivity index (χ0v) is 79.2. The van der Waals surface area contributed by atoms with Crippen LogP contribution in [0.1, 0.15) is 267 Å². The summed E-state index contributed by atoms with van der Waals surface area (Å²) in [5.41, 5.74) is 30.8. The minimum absolute atomic E-state index is 1.09. The lowest BCUT2D eigenvalue weighted by Crippen LogP contribution is -1.87. The fourth-order valence-electron chi connectivity index (χ4n) is 18.2. The van der Waals surface area contributed by atoms with Crippen LogP contribution in [0.5, 0.6) is 0 Å². The van der Waals surface area contributed by atoms with Gasteiger partial charge in [-0.15, -0.1) is 79.4 Å². The van der Waals surface area contributed by atoms with E-state index in [0.717, 1.165) is 44.9 Å². The van der Waals surface area contributed by atoms with E-state index in [2.05, 4.69) is 306 Å². The Balaban J connectivity index is 0.740. The molecule has 0 fully saturated rings. The Kier molecular flexibility index (Phi) is 32.5. The molecule has 0 N–H and O–H groups in total. The Morgan fingerprint density at radius 1 is 0.165 bits per heavy atom. The van der Waals surface area contributed by atoms with Crippen LogP contribution < -0.4 is 0 Å². The number of hydrogen-bond acceptors (Lipinski definition) is 7. The lowest BCUT2D eigenvalue weighted by atomic mass is 9.99. The van der Waals surface area contributed by atoms with Crippen LogP contribution >= 0.6 is 79.4 Å². The molecule has 7 heterocycles. The molecule has 0 radical (unpaired) electrons. The quantitative estimate of drug-likeness (QED) is 0.0334. The molecule has 7 aromatic heterocycles. The van der Waals surface area contributed by atoms with Crippen LogP contribution in [0.15, 0.2) is 224 Å². The second-order valence-electron chi connectivity index (χ2n) is 34.3. The van der Waals surface area contributed by atoms with Gasteiger partial charge in [0, 0.05) is 85.7 Å². The molecule has 7 heteroatoms. The number of thiophene rings is 7. The Hall–Kier alpha value is -7.82. The first kappa shape index (κ1) is 88.1. The maximum Gasteiger partial charge on any atom is 0.0481 e.